The molecule has 22 heavy (non-hydrogen) atoms. The van der Waals surface area contributed by atoms with Gasteiger partial charge in [0.1, 0.15) is 11.5 Å². The van der Waals surface area contributed by atoms with Gasteiger partial charge in [-0.15, -0.1) is 0 Å². The predicted octanol–water partition coefficient (Wildman–Crippen LogP) is 1.84. The van der Waals surface area contributed by atoms with Gasteiger partial charge in [-0.3, -0.25) is 4.79 Å². The molecule has 0 bridgehead atoms. The second kappa shape index (κ2) is 5.61. The first-order valence-electron chi connectivity index (χ1n) is 7.37. The van der Waals surface area contributed by atoms with Crippen LogP contribution in [0, 0.1) is 13.8 Å². The number of furan rings is 1. The first kappa shape index (κ1) is 14.8. The maximum absolute atomic E-state index is 12.9. The lowest BCUT2D eigenvalue weighted by Crippen LogP contribution is -2.47. The lowest BCUT2D eigenvalue weighted by atomic mass is 10.0. The van der Waals surface area contributed by atoms with Crippen LogP contribution in [0.3, 0.4) is 0 Å². The van der Waals surface area contributed by atoms with Crippen LogP contribution < -0.4 is 0 Å². The molecule has 0 aromatic carbocycles. The first-order valence-corrected chi connectivity index (χ1v) is 7.37. The molecule has 0 N–H and O–H groups in total. The third-order valence-electron chi connectivity index (χ3n) is 4.23. The standard InChI is InChI=1S/C16H21N3O3/c1-10-5-13(11(2)22-10)16(20)19-7-14-15(18(3)9-17-14)6-12(19)8-21-4/h5,9,12H,6-8H2,1-4H3/t12-/m1/s1. The summed E-state index contributed by atoms with van der Waals surface area (Å²) in [5, 5.41) is 0. The molecule has 0 aliphatic carbocycles. The Bertz CT molecular complexity index is 702. The molecule has 6 heteroatoms. The Morgan fingerprint density at radius 1 is 1.50 bits per heavy atom. The molecular weight excluding hydrogens is 282 g/mol. The van der Waals surface area contributed by atoms with E-state index in [1.165, 1.54) is 5.69 Å². The third kappa shape index (κ3) is 2.43. The summed E-state index contributed by atoms with van der Waals surface area (Å²) in [7, 11) is 3.64. The molecule has 1 atom stereocenters. The highest BCUT2D eigenvalue weighted by atomic mass is 16.5. The van der Waals surface area contributed by atoms with Crippen molar-refractivity contribution in [3.05, 3.63) is 40.9 Å². The fourth-order valence-corrected chi connectivity index (χ4v) is 3.10. The highest BCUT2D eigenvalue weighted by Gasteiger charge is 2.33. The Labute approximate surface area is 129 Å². The Morgan fingerprint density at radius 2 is 2.27 bits per heavy atom. The Morgan fingerprint density at radius 3 is 2.91 bits per heavy atom. The average Bonchev–Trinajstić information content (AvgIpc) is 3.01. The zero-order valence-corrected chi connectivity index (χ0v) is 13.4. The summed E-state index contributed by atoms with van der Waals surface area (Å²) in [5.74, 6) is 1.39. The molecule has 1 aliphatic heterocycles. The van der Waals surface area contributed by atoms with Gasteiger partial charge >= 0.3 is 0 Å². The van der Waals surface area contributed by atoms with Crippen molar-refractivity contribution in [2.45, 2.75) is 32.9 Å². The van der Waals surface area contributed by atoms with Crippen LogP contribution in [0.1, 0.15) is 33.3 Å². The zero-order valence-electron chi connectivity index (χ0n) is 13.4. The Hall–Kier alpha value is -2.08. The van der Waals surface area contributed by atoms with Crippen LogP contribution in [0.25, 0.3) is 0 Å². The van der Waals surface area contributed by atoms with E-state index < -0.39 is 0 Å². The highest BCUT2D eigenvalue weighted by Crippen LogP contribution is 2.26. The zero-order chi connectivity index (χ0) is 15.9. The normalized spacial score (nSPS) is 17.6. The second-order valence-electron chi connectivity index (χ2n) is 5.82. The molecule has 0 spiro atoms. The molecule has 6 nitrogen and oxygen atoms in total. The third-order valence-corrected chi connectivity index (χ3v) is 4.23. The molecule has 1 amide bonds. The van der Waals surface area contributed by atoms with Gasteiger partial charge in [0.2, 0.25) is 0 Å². The molecule has 118 valence electrons. The molecule has 0 radical (unpaired) electrons. The van der Waals surface area contributed by atoms with Crippen molar-refractivity contribution in [3.8, 4) is 0 Å². The van der Waals surface area contributed by atoms with Gasteiger partial charge in [-0.05, 0) is 19.9 Å². The van der Waals surface area contributed by atoms with Crippen molar-refractivity contribution < 1.29 is 13.9 Å². The molecule has 2 aromatic rings. The van der Waals surface area contributed by atoms with Crippen molar-refractivity contribution in [3.63, 3.8) is 0 Å². The first-order chi connectivity index (χ1) is 10.5. The lowest BCUT2D eigenvalue weighted by Gasteiger charge is -2.35. The van der Waals surface area contributed by atoms with Gasteiger partial charge in [-0.1, -0.05) is 0 Å². The van der Waals surface area contributed by atoms with E-state index in [2.05, 4.69) is 4.98 Å². The summed E-state index contributed by atoms with van der Waals surface area (Å²) in [4.78, 5) is 19.2. The molecule has 3 rings (SSSR count). The van der Waals surface area contributed by atoms with Crippen LogP contribution in [-0.2, 0) is 24.8 Å². The molecular formula is C16H21N3O3. The van der Waals surface area contributed by atoms with Gasteiger partial charge in [-0.2, -0.15) is 0 Å². The molecule has 0 unspecified atom stereocenters. The van der Waals surface area contributed by atoms with Crippen molar-refractivity contribution in [1.29, 1.82) is 0 Å². The van der Waals surface area contributed by atoms with Crippen LogP contribution in [0.5, 0.6) is 0 Å². The monoisotopic (exact) mass is 303 g/mol. The number of imidazole rings is 1. The molecule has 2 aromatic heterocycles. The van der Waals surface area contributed by atoms with E-state index in [9.17, 15) is 4.79 Å². The van der Waals surface area contributed by atoms with Gasteiger partial charge in [0.05, 0.1) is 36.8 Å². The van der Waals surface area contributed by atoms with Crippen LogP contribution >= 0.6 is 0 Å². The predicted molar refractivity (Wildman–Crippen MR) is 80.6 cm³/mol. The number of amides is 1. The molecule has 0 saturated carbocycles. The molecule has 0 fully saturated rings. The van der Waals surface area contributed by atoms with Gasteiger partial charge < -0.3 is 18.6 Å². The van der Waals surface area contributed by atoms with Crippen LogP contribution in [-0.4, -0.2) is 40.1 Å². The minimum atomic E-state index is -0.0206. The molecule has 1 aliphatic rings. The minimum Gasteiger partial charge on any atom is -0.466 e. The number of methoxy groups -OCH3 is 1. The second-order valence-corrected chi connectivity index (χ2v) is 5.82. The largest absolute Gasteiger partial charge is 0.466 e. The van der Waals surface area contributed by atoms with Gasteiger partial charge in [0, 0.05) is 26.3 Å². The number of rotatable bonds is 3. The van der Waals surface area contributed by atoms with Crippen molar-refractivity contribution in [2.24, 2.45) is 7.05 Å². The smallest absolute Gasteiger partial charge is 0.258 e. The number of carbonyl (C=O) groups is 1. The number of fused-ring (bicyclic) bond motifs is 1. The number of nitrogens with zero attached hydrogens (tertiary/aromatic N) is 3. The Kier molecular flexibility index (Phi) is 3.78. The summed E-state index contributed by atoms with van der Waals surface area (Å²) in [5.41, 5.74) is 2.75. The van der Waals surface area contributed by atoms with Crippen molar-refractivity contribution in [2.75, 3.05) is 13.7 Å². The van der Waals surface area contributed by atoms with E-state index >= 15 is 0 Å². The van der Waals surface area contributed by atoms with Crippen LogP contribution in [0.4, 0.5) is 0 Å². The molecule has 3 heterocycles. The maximum Gasteiger partial charge on any atom is 0.258 e. The van der Waals surface area contributed by atoms with E-state index in [-0.39, 0.29) is 11.9 Å². The minimum absolute atomic E-state index is 0.00926. The summed E-state index contributed by atoms with van der Waals surface area (Å²) in [6.45, 7) is 4.68. The molecule has 0 saturated heterocycles. The summed E-state index contributed by atoms with van der Waals surface area (Å²) in [6, 6.07) is 1.81. The Balaban J connectivity index is 1.93. The van der Waals surface area contributed by atoms with Crippen LogP contribution in [0.15, 0.2) is 16.8 Å². The number of ether oxygens (including phenoxy) is 1. The van der Waals surface area contributed by atoms with Crippen molar-refractivity contribution in [1.82, 2.24) is 14.5 Å². The maximum atomic E-state index is 12.9. The average molecular weight is 303 g/mol. The van der Waals surface area contributed by atoms with E-state index in [4.69, 9.17) is 9.15 Å². The number of hydrogen-bond acceptors (Lipinski definition) is 4. The number of aromatic nitrogens is 2. The number of hydrogen-bond donors (Lipinski definition) is 0. The summed E-state index contributed by atoms with van der Waals surface area (Å²) in [6.07, 6.45) is 2.55. The number of carbonyl (C=O) groups excluding carboxylic acids is 1. The van der Waals surface area contributed by atoms with Gasteiger partial charge in [0.15, 0.2) is 0 Å². The van der Waals surface area contributed by atoms with Crippen LogP contribution in [0.2, 0.25) is 0 Å². The topological polar surface area (TPSA) is 60.5 Å². The number of aryl methyl sites for hydroxylation is 3. The summed E-state index contributed by atoms with van der Waals surface area (Å²) < 4.78 is 12.8. The van der Waals surface area contributed by atoms with Crippen molar-refractivity contribution >= 4 is 5.91 Å². The van der Waals surface area contributed by atoms with Gasteiger partial charge in [-0.25, -0.2) is 4.98 Å². The summed E-state index contributed by atoms with van der Waals surface area (Å²) >= 11 is 0. The fourth-order valence-electron chi connectivity index (χ4n) is 3.10. The van der Waals surface area contributed by atoms with E-state index in [1.54, 1.807) is 19.5 Å². The lowest BCUT2D eigenvalue weighted by molar-refractivity contribution is 0.0466. The SMILES string of the molecule is COC[C@H]1Cc2c(ncn2C)CN1C(=O)c1cc(C)oc1C. The quantitative estimate of drug-likeness (QED) is 0.868. The van der Waals surface area contributed by atoms with E-state index in [1.807, 2.05) is 30.4 Å². The van der Waals surface area contributed by atoms with Gasteiger partial charge in [0.25, 0.3) is 5.91 Å². The van der Waals surface area contributed by atoms with E-state index in [0.29, 0.717) is 24.5 Å². The fraction of sp³-hybridized carbons (Fsp3) is 0.500. The highest BCUT2D eigenvalue weighted by molar-refractivity contribution is 5.95. The van der Waals surface area contributed by atoms with E-state index in [0.717, 1.165) is 17.9 Å².